The van der Waals surface area contributed by atoms with E-state index in [0.717, 1.165) is 22.8 Å². The van der Waals surface area contributed by atoms with E-state index in [1.807, 2.05) is 49.5 Å². The number of rotatable bonds is 4. The lowest BCUT2D eigenvalue weighted by atomic mass is 10.2. The lowest BCUT2D eigenvalue weighted by molar-refractivity contribution is 0.923. The number of anilines is 1. The van der Waals surface area contributed by atoms with Gasteiger partial charge in [0.15, 0.2) is 0 Å². The van der Waals surface area contributed by atoms with Crippen LogP contribution in [0.1, 0.15) is 11.1 Å². The zero-order valence-electron chi connectivity index (χ0n) is 10.5. The predicted octanol–water partition coefficient (Wildman–Crippen LogP) is 5.37. The predicted molar refractivity (Wildman–Crippen MR) is 84.6 cm³/mol. The second kappa shape index (κ2) is 6.51. The van der Waals surface area contributed by atoms with Crippen LogP contribution in [0.25, 0.3) is 0 Å². The van der Waals surface area contributed by atoms with Gasteiger partial charge in [-0.15, -0.1) is 11.6 Å². The summed E-state index contributed by atoms with van der Waals surface area (Å²) in [4.78, 5) is 2.13. The molecule has 0 bridgehead atoms. The minimum atomic E-state index is 0.431. The first-order valence-corrected chi connectivity index (χ1v) is 7.19. The van der Waals surface area contributed by atoms with E-state index < -0.39 is 0 Å². The lowest BCUT2D eigenvalue weighted by Gasteiger charge is -2.20. The van der Waals surface area contributed by atoms with Crippen LogP contribution in [0.2, 0.25) is 10.0 Å². The molecule has 0 spiro atoms. The SMILES string of the molecule is CN(Cc1ccc(Cl)cc1)c1ccc(CCl)c(Cl)c1. The molecule has 19 heavy (non-hydrogen) atoms. The van der Waals surface area contributed by atoms with Crippen LogP contribution in [0.15, 0.2) is 42.5 Å². The number of hydrogen-bond donors (Lipinski definition) is 0. The van der Waals surface area contributed by atoms with E-state index in [-0.39, 0.29) is 0 Å². The molecule has 0 saturated heterocycles. The Hall–Kier alpha value is -0.890. The van der Waals surface area contributed by atoms with Gasteiger partial charge in [0.1, 0.15) is 0 Å². The summed E-state index contributed by atoms with van der Waals surface area (Å²) in [5, 5.41) is 1.45. The summed E-state index contributed by atoms with van der Waals surface area (Å²) in [6.07, 6.45) is 0. The Morgan fingerprint density at radius 2 is 1.68 bits per heavy atom. The van der Waals surface area contributed by atoms with Gasteiger partial charge in [0.2, 0.25) is 0 Å². The fourth-order valence-electron chi connectivity index (χ4n) is 1.84. The van der Waals surface area contributed by atoms with E-state index in [1.165, 1.54) is 5.56 Å². The quantitative estimate of drug-likeness (QED) is 0.686. The smallest absolute Gasteiger partial charge is 0.0488 e. The zero-order chi connectivity index (χ0) is 13.8. The number of alkyl halides is 1. The summed E-state index contributed by atoms with van der Waals surface area (Å²) in [5.41, 5.74) is 3.21. The Balaban J connectivity index is 2.13. The van der Waals surface area contributed by atoms with E-state index in [0.29, 0.717) is 10.9 Å². The molecule has 2 aromatic carbocycles. The monoisotopic (exact) mass is 313 g/mol. The van der Waals surface area contributed by atoms with Crippen LogP contribution in [-0.4, -0.2) is 7.05 Å². The molecule has 0 aliphatic heterocycles. The Bertz CT molecular complexity index is 552. The number of benzene rings is 2. The Labute approximate surface area is 128 Å². The molecular weight excluding hydrogens is 301 g/mol. The highest BCUT2D eigenvalue weighted by atomic mass is 35.5. The fourth-order valence-corrected chi connectivity index (χ4v) is 2.51. The molecule has 0 aliphatic carbocycles. The zero-order valence-corrected chi connectivity index (χ0v) is 12.8. The van der Waals surface area contributed by atoms with Crippen LogP contribution < -0.4 is 4.90 Å². The first kappa shape index (κ1) is 14.5. The molecule has 0 atom stereocenters. The Morgan fingerprint density at radius 3 is 2.26 bits per heavy atom. The molecule has 0 radical (unpaired) electrons. The molecule has 0 saturated carbocycles. The number of hydrogen-bond acceptors (Lipinski definition) is 1. The van der Waals surface area contributed by atoms with Crippen molar-refractivity contribution in [1.82, 2.24) is 0 Å². The Kier molecular flexibility index (Phi) is 4.98. The minimum absolute atomic E-state index is 0.431. The van der Waals surface area contributed by atoms with Gasteiger partial charge in [-0.05, 0) is 35.4 Å². The molecule has 0 heterocycles. The van der Waals surface area contributed by atoms with Crippen molar-refractivity contribution in [3.63, 3.8) is 0 Å². The summed E-state index contributed by atoms with van der Waals surface area (Å²) < 4.78 is 0. The van der Waals surface area contributed by atoms with Crippen molar-refractivity contribution < 1.29 is 0 Å². The summed E-state index contributed by atoms with van der Waals surface area (Å²) in [5.74, 6) is 0.431. The number of nitrogens with zero attached hydrogens (tertiary/aromatic N) is 1. The maximum atomic E-state index is 6.17. The molecule has 0 N–H and O–H groups in total. The molecule has 0 aromatic heterocycles. The molecule has 4 heteroatoms. The van der Waals surface area contributed by atoms with Crippen molar-refractivity contribution >= 4 is 40.5 Å². The van der Waals surface area contributed by atoms with Crippen molar-refractivity contribution in [3.8, 4) is 0 Å². The van der Waals surface area contributed by atoms with Crippen LogP contribution in [0.3, 0.4) is 0 Å². The number of halogens is 3. The van der Waals surface area contributed by atoms with Crippen molar-refractivity contribution in [3.05, 3.63) is 63.6 Å². The fraction of sp³-hybridized carbons (Fsp3) is 0.200. The molecule has 2 aromatic rings. The van der Waals surface area contributed by atoms with Gasteiger partial charge in [0, 0.05) is 35.2 Å². The van der Waals surface area contributed by atoms with Crippen LogP contribution in [0.4, 0.5) is 5.69 Å². The van der Waals surface area contributed by atoms with Gasteiger partial charge in [-0.1, -0.05) is 41.4 Å². The van der Waals surface area contributed by atoms with Crippen molar-refractivity contribution in [1.29, 1.82) is 0 Å². The summed E-state index contributed by atoms with van der Waals surface area (Å²) >= 11 is 17.8. The first-order valence-electron chi connectivity index (χ1n) is 5.90. The molecule has 0 unspecified atom stereocenters. The van der Waals surface area contributed by atoms with E-state index in [4.69, 9.17) is 34.8 Å². The van der Waals surface area contributed by atoms with Crippen molar-refractivity contribution in [2.45, 2.75) is 12.4 Å². The van der Waals surface area contributed by atoms with Gasteiger partial charge >= 0.3 is 0 Å². The van der Waals surface area contributed by atoms with Crippen LogP contribution in [0, 0.1) is 0 Å². The maximum Gasteiger partial charge on any atom is 0.0488 e. The van der Waals surface area contributed by atoms with Crippen molar-refractivity contribution in [2.24, 2.45) is 0 Å². The van der Waals surface area contributed by atoms with Gasteiger partial charge in [0.25, 0.3) is 0 Å². The van der Waals surface area contributed by atoms with Gasteiger partial charge in [-0.25, -0.2) is 0 Å². The van der Waals surface area contributed by atoms with Gasteiger partial charge < -0.3 is 4.90 Å². The molecule has 0 amide bonds. The second-order valence-corrected chi connectivity index (χ2v) is 5.50. The summed E-state index contributed by atoms with van der Waals surface area (Å²) in [6, 6.07) is 13.8. The topological polar surface area (TPSA) is 3.24 Å². The summed E-state index contributed by atoms with van der Waals surface area (Å²) in [6.45, 7) is 0.799. The molecule has 1 nitrogen and oxygen atoms in total. The third kappa shape index (κ3) is 3.79. The van der Waals surface area contributed by atoms with E-state index >= 15 is 0 Å². The average Bonchev–Trinajstić information content (AvgIpc) is 2.41. The first-order chi connectivity index (χ1) is 9.10. The highest BCUT2D eigenvalue weighted by Crippen LogP contribution is 2.25. The van der Waals surface area contributed by atoms with E-state index in [2.05, 4.69) is 4.90 Å². The van der Waals surface area contributed by atoms with Crippen molar-refractivity contribution in [2.75, 3.05) is 11.9 Å². The minimum Gasteiger partial charge on any atom is -0.370 e. The van der Waals surface area contributed by atoms with Gasteiger partial charge in [-0.2, -0.15) is 0 Å². The highest BCUT2D eigenvalue weighted by molar-refractivity contribution is 6.32. The lowest BCUT2D eigenvalue weighted by Crippen LogP contribution is -2.16. The van der Waals surface area contributed by atoms with Gasteiger partial charge in [-0.3, -0.25) is 0 Å². The molecular formula is C15H14Cl3N. The standard InChI is InChI=1S/C15H14Cl3N/c1-19(10-11-2-5-13(17)6-3-11)14-7-4-12(9-16)15(18)8-14/h2-8H,9-10H2,1H3. The Morgan fingerprint density at radius 1 is 1.00 bits per heavy atom. The van der Waals surface area contributed by atoms with E-state index in [1.54, 1.807) is 0 Å². The molecule has 100 valence electrons. The largest absolute Gasteiger partial charge is 0.370 e. The molecule has 0 fully saturated rings. The molecule has 2 rings (SSSR count). The highest BCUT2D eigenvalue weighted by Gasteiger charge is 2.06. The third-order valence-electron chi connectivity index (χ3n) is 2.95. The van der Waals surface area contributed by atoms with Crippen LogP contribution >= 0.6 is 34.8 Å². The third-order valence-corrected chi connectivity index (χ3v) is 3.85. The van der Waals surface area contributed by atoms with Crippen LogP contribution in [-0.2, 0) is 12.4 Å². The van der Waals surface area contributed by atoms with Crippen LogP contribution in [0.5, 0.6) is 0 Å². The second-order valence-electron chi connectivity index (χ2n) is 4.39. The molecule has 0 aliphatic rings. The van der Waals surface area contributed by atoms with Gasteiger partial charge in [0.05, 0.1) is 0 Å². The maximum absolute atomic E-state index is 6.17. The average molecular weight is 315 g/mol. The normalized spacial score (nSPS) is 10.5. The summed E-state index contributed by atoms with van der Waals surface area (Å²) in [7, 11) is 2.03. The van der Waals surface area contributed by atoms with E-state index in [9.17, 15) is 0 Å².